The van der Waals surface area contributed by atoms with Crippen LogP contribution in [-0.4, -0.2) is 19.9 Å². The van der Waals surface area contributed by atoms with E-state index in [1.165, 1.54) is 0 Å². The van der Waals surface area contributed by atoms with Crippen molar-refractivity contribution < 1.29 is 8.42 Å². The number of para-hydroxylation sites is 2. The molecule has 174 valence electrons. The molecular weight excluding hydrogens is 476 g/mol. The van der Waals surface area contributed by atoms with Crippen LogP contribution in [0.2, 0.25) is 5.02 Å². The summed E-state index contributed by atoms with van der Waals surface area (Å²) in [5, 5.41) is 1.74. The predicted octanol–water partition coefficient (Wildman–Crippen LogP) is 7.14. The minimum Gasteiger partial charge on any atom is -0.354 e. The van der Waals surface area contributed by atoms with Gasteiger partial charge in [-0.05, 0) is 54.4 Å². The normalized spacial score (nSPS) is 15.5. The van der Waals surface area contributed by atoms with Crippen LogP contribution in [-0.2, 0) is 10.0 Å². The molecule has 0 radical (unpaired) electrons. The second-order valence-corrected chi connectivity index (χ2v) is 11.2. The second-order valence-electron chi connectivity index (χ2n) is 8.93. The fourth-order valence-electron chi connectivity index (χ4n) is 5.03. The number of aromatic nitrogens is 1. The van der Waals surface area contributed by atoms with Crippen molar-refractivity contribution in [1.29, 1.82) is 0 Å². The van der Waals surface area contributed by atoms with E-state index in [9.17, 15) is 8.42 Å². The van der Waals surface area contributed by atoms with Gasteiger partial charge in [0.15, 0.2) is 0 Å². The van der Waals surface area contributed by atoms with Gasteiger partial charge in [-0.1, -0.05) is 77.8 Å². The Hall–Kier alpha value is -3.54. The lowest BCUT2D eigenvalue weighted by atomic mass is 9.88. The van der Waals surface area contributed by atoms with Crippen molar-refractivity contribution in [3.63, 3.8) is 0 Å². The molecule has 6 heteroatoms. The van der Waals surface area contributed by atoms with Gasteiger partial charge in [0.1, 0.15) is 0 Å². The first-order valence-corrected chi connectivity index (χ1v) is 13.3. The quantitative estimate of drug-likeness (QED) is 0.287. The first-order valence-electron chi connectivity index (χ1n) is 11.5. The lowest BCUT2D eigenvalue weighted by Crippen LogP contribution is -2.34. The molecule has 0 aliphatic carbocycles. The molecule has 1 N–H and O–H groups in total. The average molecular weight is 499 g/mol. The Morgan fingerprint density at radius 3 is 2.31 bits per heavy atom. The van der Waals surface area contributed by atoms with Crippen molar-refractivity contribution in [2.75, 3.05) is 10.8 Å². The number of rotatable bonds is 3. The zero-order chi connectivity index (χ0) is 24.2. The molecule has 0 saturated carbocycles. The van der Waals surface area contributed by atoms with Gasteiger partial charge < -0.3 is 4.98 Å². The van der Waals surface area contributed by atoms with Crippen LogP contribution in [0.25, 0.3) is 22.2 Å². The van der Waals surface area contributed by atoms with Crippen molar-refractivity contribution in [3.8, 4) is 11.3 Å². The number of aromatic amines is 1. The standard InChI is InChI=1S/C29H23ClN2O2S/c1-19-10-16-22(17-11-19)35(33,34)32-18-25(20-12-14-21(30)15-13-20)28-23-6-2-4-8-26(23)31-29(28)24-7-3-5-9-27(24)32/h2-17,25,31H,18H2,1H3. The minimum atomic E-state index is -3.82. The number of aryl methyl sites for hydroxylation is 1. The molecule has 0 fully saturated rings. The fourth-order valence-corrected chi connectivity index (χ4v) is 6.65. The molecule has 2 heterocycles. The summed E-state index contributed by atoms with van der Waals surface area (Å²) in [6, 6.07) is 30.7. The zero-order valence-electron chi connectivity index (χ0n) is 19.1. The number of benzene rings is 4. The van der Waals surface area contributed by atoms with Gasteiger partial charge in [0.2, 0.25) is 0 Å². The molecule has 5 aromatic rings. The highest BCUT2D eigenvalue weighted by Gasteiger charge is 2.36. The Labute approximate surface area is 209 Å². The highest BCUT2D eigenvalue weighted by atomic mass is 35.5. The summed E-state index contributed by atoms with van der Waals surface area (Å²) >= 11 is 6.21. The summed E-state index contributed by atoms with van der Waals surface area (Å²) in [5.41, 5.74) is 6.63. The van der Waals surface area contributed by atoms with E-state index in [-0.39, 0.29) is 17.4 Å². The third-order valence-electron chi connectivity index (χ3n) is 6.77. The van der Waals surface area contributed by atoms with E-state index in [1.807, 2.05) is 79.7 Å². The van der Waals surface area contributed by atoms with Crippen LogP contribution in [0.4, 0.5) is 5.69 Å². The molecule has 0 bridgehead atoms. The van der Waals surface area contributed by atoms with Gasteiger partial charge in [-0.25, -0.2) is 8.42 Å². The van der Waals surface area contributed by atoms with Crippen molar-refractivity contribution in [2.45, 2.75) is 17.7 Å². The highest BCUT2D eigenvalue weighted by molar-refractivity contribution is 7.92. The Morgan fingerprint density at radius 1 is 0.857 bits per heavy atom. The number of nitrogens with zero attached hydrogens (tertiary/aromatic N) is 1. The smallest absolute Gasteiger partial charge is 0.264 e. The maximum Gasteiger partial charge on any atom is 0.264 e. The minimum absolute atomic E-state index is 0.203. The molecule has 35 heavy (non-hydrogen) atoms. The number of halogens is 1. The van der Waals surface area contributed by atoms with Crippen molar-refractivity contribution in [3.05, 3.63) is 119 Å². The third kappa shape index (κ3) is 3.63. The Kier molecular flexibility index (Phi) is 5.20. The molecular formula is C29H23ClN2O2S. The fraction of sp³-hybridized carbons (Fsp3) is 0.103. The first kappa shape index (κ1) is 22.0. The van der Waals surface area contributed by atoms with Crippen LogP contribution in [0.3, 0.4) is 0 Å². The van der Waals surface area contributed by atoms with Gasteiger partial charge in [0.25, 0.3) is 10.0 Å². The van der Waals surface area contributed by atoms with Crippen LogP contribution in [0, 0.1) is 6.92 Å². The largest absolute Gasteiger partial charge is 0.354 e. The third-order valence-corrected chi connectivity index (χ3v) is 8.81. The number of fused-ring (bicyclic) bond motifs is 5. The molecule has 1 aliphatic rings. The van der Waals surface area contributed by atoms with Crippen molar-refractivity contribution >= 4 is 38.2 Å². The monoisotopic (exact) mass is 498 g/mol. The van der Waals surface area contributed by atoms with Crippen LogP contribution in [0.5, 0.6) is 0 Å². The molecule has 1 unspecified atom stereocenters. The number of nitrogens with one attached hydrogen (secondary N) is 1. The van der Waals surface area contributed by atoms with Gasteiger partial charge in [-0.15, -0.1) is 0 Å². The average Bonchev–Trinajstić information content (AvgIpc) is 3.18. The van der Waals surface area contributed by atoms with E-state index >= 15 is 0 Å². The van der Waals surface area contributed by atoms with E-state index in [0.29, 0.717) is 10.7 Å². The Balaban J connectivity index is 1.64. The van der Waals surface area contributed by atoms with E-state index in [0.717, 1.165) is 38.9 Å². The summed E-state index contributed by atoms with van der Waals surface area (Å²) in [6.07, 6.45) is 0. The van der Waals surface area contributed by atoms with Crippen molar-refractivity contribution in [1.82, 2.24) is 4.98 Å². The summed E-state index contributed by atoms with van der Waals surface area (Å²) in [4.78, 5) is 3.88. The van der Waals surface area contributed by atoms with Gasteiger partial charge in [-0.3, -0.25) is 4.31 Å². The zero-order valence-corrected chi connectivity index (χ0v) is 20.6. The number of H-pyrrole nitrogens is 1. The van der Waals surface area contributed by atoms with Gasteiger partial charge in [0, 0.05) is 34.0 Å². The molecule has 4 aromatic carbocycles. The number of anilines is 1. The molecule has 6 rings (SSSR count). The molecule has 1 aromatic heterocycles. The van der Waals surface area contributed by atoms with Crippen LogP contribution in [0.15, 0.2) is 102 Å². The van der Waals surface area contributed by atoms with Crippen molar-refractivity contribution in [2.24, 2.45) is 0 Å². The lowest BCUT2D eigenvalue weighted by Gasteiger charge is -2.28. The van der Waals surface area contributed by atoms with Gasteiger partial charge >= 0.3 is 0 Å². The Bertz CT molecular complexity index is 1660. The Morgan fingerprint density at radius 2 is 1.54 bits per heavy atom. The first-order chi connectivity index (χ1) is 16.9. The maximum absolute atomic E-state index is 14.1. The van der Waals surface area contributed by atoms with E-state index < -0.39 is 10.0 Å². The molecule has 4 nitrogen and oxygen atoms in total. The summed E-state index contributed by atoms with van der Waals surface area (Å²) in [6.45, 7) is 2.22. The van der Waals surface area contributed by atoms with Gasteiger partial charge in [0.05, 0.1) is 16.3 Å². The van der Waals surface area contributed by atoms with E-state index in [1.54, 1.807) is 16.4 Å². The maximum atomic E-state index is 14.1. The highest BCUT2D eigenvalue weighted by Crippen LogP contribution is 2.47. The number of hydrogen-bond acceptors (Lipinski definition) is 2. The summed E-state index contributed by atoms with van der Waals surface area (Å²) in [5.74, 6) is -0.203. The summed E-state index contributed by atoms with van der Waals surface area (Å²) in [7, 11) is -3.82. The molecule has 1 atom stereocenters. The molecule has 0 saturated heterocycles. The number of hydrogen-bond donors (Lipinski definition) is 1. The van der Waals surface area contributed by atoms with Crippen LogP contribution >= 0.6 is 11.6 Å². The number of sulfonamides is 1. The SMILES string of the molecule is Cc1ccc(S(=O)(=O)N2CC(c3ccc(Cl)cc3)c3c([nH]c4ccccc34)-c3ccccc32)cc1. The molecule has 1 aliphatic heterocycles. The van der Waals surface area contributed by atoms with Crippen LogP contribution in [0.1, 0.15) is 22.6 Å². The lowest BCUT2D eigenvalue weighted by molar-refractivity contribution is 0.589. The van der Waals surface area contributed by atoms with E-state index in [2.05, 4.69) is 17.1 Å². The van der Waals surface area contributed by atoms with Crippen LogP contribution < -0.4 is 4.31 Å². The van der Waals surface area contributed by atoms with Gasteiger partial charge in [-0.2, -0.15) is 0 Å². The second kappa shape index (κ2) is 8.29. The predicted molar refractivity (Wildman–Crippen MR) is 143 cm³/mol. The molecule has 0 amide bonds. The topological polar surface area (TPSA) is 53.2 Å². The summed E-state index contributed by atoms with van der Waals surface area (Å²) < 4.78 is 29.7. The van der Waals surface area contributed by atoms with E-state index in [4.69, 9.17) is 11.6 Å². The molecule has 0 spiro atoms.